The van der Waals surface area contributed by atoms with Crippen molar-refractivity contribution in [2.45, 2.75) is 46.1 Å². The quantitative estimate of drug-likeness (QED) is 0.317. The third-order valence-corrected chi connectivity index (χ3v) is 6.50. The summed E-state index contributed by atoms with van der Waals surface area (Å²) in [6, 6.07) is 16.5. The minimum atomic E-state index is -0.114. The number of hydrogen-bond acceptors (Lipinski definition) is 5. The van der Waals surface area contributed by atoms with E-state index in [1.54, 1.807) is 0 Å². The summed E-state index contributed by atoms with van der Waals surface area (Å²) >= 11 is 6.79. The van der Waals surface area contributed by atoms with E-state index in [0.717, 1.165) is 22.6 Å². The molecule has 0 spiro atoms. The highest BCUT2D eigenvalue weighted by Crippen LogP contribution is 2.28. The second-order valence-electron chi connectivity index (χ2n) is 9.03. The van der Waals surface area contributed by atoms with Gasteiger partial charge in [0, 0.05) is 29.5 Å². The molecule has 0 fully saturated rings. The van der Waals surface area contributed by atoms with Crippen LogP contribution in [0.2, 0.25) is 0 Å². The van der Waals surface area contributed by atoms with Gasteiger partial charge in [0.15, 0.2) is 15.7 Å². The van der Waals surface area contributed by atoms with Crippen molar-refractivity contribution in [1.29, 1.82) is 0 Å². The number of nitrogens with one attached hydrogen (secondary N) is 2. The van der Waals surface area contributed by atoms with Gasteiger partial charge in [-0.3, -0.25) is 14.5 Å². The van der Waals surface area contributed by atoms with Gasteiger partial charge in [0.25, 0.3) is 0 Å². The fraction of sp³-hybridized carbons (Fsp3) is 0.280. The van der Waals surface area contributed by atoms with Crippen LogP contribution in [0.3, 0.4) is 0 Å². The molecular formula is C25H27N5OS2. The number of carbonyl (C=O) groups excluding carboxylic acids is 1. The van der Waals surface area contributed by atoms with Crippen LogP contribution < -0.4 is 5.32 Å². The number of hydrogen-bond donors (Lipinski definition) is 2. The first-order chi connectivity index (χ1) is 15.7. The van der Waals surface area contributed by atoms with Crippen LogP contribution in [-0.4, -0.2) is 25.7 Å². The molecule has 0 saturated heterocycles. The number of thiazole rings is 1. The molecule has 0 saturated carbocycles. The van der Waals surface area contributed by atoms with Crippen molar-refractivity contribution in [2.24, 2.45) is 0 Å². The van der Waals surface area contributed by atoms with E-state index in [1.165, 1.54) is 22.5 Å². The van der Waals surface area contributed by atoms with E-state index in [-0.39, 0.29) is 17.7 Å². The van der Waals surface area contributed by atoms with Crippen molar-refractivity contribution in [3.63, 3.8) is 0 Å². The van der Waals surface area contributed by atoms with Crippen molar-refractivity contribution in [3.8, 4) is 22.6 Å². The molecule has 2 N–H and O–H groups in total. The van der Waals surface area contributed by atoms with Crippen molar-refractivity contribution in [2.75, 3.05) is 5.32 Å². The first-order valence-corrected chi connectivity index (χ1v) is 12.1. The fourth-order valence-corrected chi connectivity index (χ4v) is 4.41. The number of carbonyl (C=O) groups is 1. The summed E-state index contributed by atoms with van der Waals surface area (Å²) in [5, 5.41) is 12.6. The Morgan fingerprint density at radius 1 is 1.09 bits per heavy atom. The van der Waals surface area contributed by atoms with Crippen LogP contribution in [0.4, 0.5) is 5.13 Å². The molecule has 6 nitrogen and oxygen atoms in total. The molecule has 0 aliphatic rings. The van der Waals surface area contributed by atoms with Gasteiger partial charge in [0.1, 0.15) is 0 Å². The third kappa shape index (κ3) is 5.46. The normalized spacial score (nSPS) is 11.5. The van der Waals surface area contributed by atoms with Gasteiger partial charge in [0.2, 0.25) is 5.91 Å². The van der Waals surface area contributed by atoms with Crippen LogP contribution in [0.15, 0.2) is 53.9 Å². The van der Waals surface area contributed by atoms with E-state index in [2.05, 4.69) is 65.5 Å². The predicted molar refractivity (Wildman–Crippen MR) is 137 cm³/mol. The number of aromatic nitrogens is 4. The molecule has 2 aromatic carbocycles. The summed E-state index contributed by atoms with van der Waals surface area (Å²) < 4.78 is 2.34. The molecule has 33 heavy (non-hydrogen) atoms. The monoisotopic (exact) mass is 477 g/mol. The number of nitrogens with zero attached hydrogens (tertiary/aromatic N) is 3. The zero-order valence-corrected chi connectivity index (χ0v) is 20.8. The molecule has 4 rings (SSSR count). The number of benzene rings is 2. The van der Waals surface area contributed by atoms with Crippen LogP contribution in [0, 0.1) is 11.7 Å². The van der Waals surface area contributed by atoms with Gasteiger partial charge < -0.3 is 5.32 Å². The van der Waals surface area contributed by atoms with Gasteiger partial charge in [-0.2, -0.15) is 5.10 Å². The summed E-state index contributed by atoms with van der Waals surface area (Å²) in [6.45, 7) is 9.05. The summed E-state index contributed by atoms with van der Waals surface area (Å²) in [6.07, 6.45) is 0.266. The third-order valence-electron chi connectivity index (χ3n) is 5.43. The minimum absolute atomic E-state index is 0.108. The highest BCUT2D eigenvalue weighted by molar-refractivity contribution is 7.71. The Kier molecular flexibility index (Phi) is 6.58. The van der Waals surface area contributed by atoms with E-state index < -0.39 is 0 Å². The van der Waals surface area contributed by atoms with E-state index in [9.17, 15) is 4.79 Å². The molecule has 0 atom stereocenters. The minimum Gasteiger partial charge on any atom is -0.302 e. The van der Waals surface area contributed by atoms with Gasteiger partial charge in [0.05, 0.1) is 5.69 Å². The second-order valence-corrected chi connectivity index (χ2v) is 10.3. The van der Waals surface area contributed by atoms with E-state index >= 15 is 0 Å². The summed E-state index contributed by atoms with van der Waals surface area (Å²) in [5.74, 6) is 0.611. The summed E-state index contributed by atoms with van der Waals surface area (Å²) in [4.78, 5) is 17.2. The van der Waals surface area contributed by atoms with Crippen LogP contribution in [-0.2, 0) is 16.8 Å². The van der Waals surface area contributed by atoms with Gasteiger partial charge in [-0.05, 0) is 30.1 Å². The lowest BCUT2D eigenvalue weighted by atomic mass is 9.86. The number of amides is 1. The van der Waals surface area contributed by atoms with Crippen LogP contribution >= 0.6 is 23.6 Å². The molecule has 0 bridgehead atoms. The topological polar surface area (TPSA) is 75.6 Å². The van der Waals surface area contributed by atoms with Crippen LogP contribution in [0.1, 0.15) is 38.3 Å². The molecular weight excluding hydrogens is 450 g/mol. The molecule has 0 aliphatic heterocycles. The number of aromatic amines is 1. The molecule has 170 valence electrons. The van der Waals surface area contributed by atoms with Gasteiger partial charge >= 0.3 is 0 Å². The lowest BCUT2D eigenvalue weighted by Crippen LogP contribution is -2.15. The first-order valence-electron chi connectivity index (χ1n) is 10.8. The Labute approximate surface area is 202 Å². The fourth-order valence-electron chi connectivity index (χ4n) is 3.45. The molecule has 0 radical (unpaired) electrons. The summed E-state index contributed by atoms with van der Waals surface area (Å²) in [7, 11) is 0. The molecule has 0 unspecified atom stereocenters. The van der Waals surface area contributed by atoms with Gasteiger partial charge in [-0.1, -0.05) is 74.9 Å². The number of rotatable bonds is 6. The lowest BCUT2D eigenvalue weighted by molar-refractivity contribution is -0.116. The maximum atomic E-state index is 12.6. The Morgan fingerprint density at radius 3 is 2.42 bits per heavy atom. The second kappa shape index (κ2) is 9.41. The Bertz CT molecular complexity index is 1310. The van der Waals surface area contributed by atoms with E-state index in [0.29, 0.717) is 16.4 Å². The van der Waals surface area contributed by atoms with Crippen LogP contribution in [0.25, 0.3) is 22.6 Å². The Balaban J connectivity index is 1.40. The highest BCUT2D eigenvalue weighted by atomic mass is 32.1. The van der Waals surface area contributed by atoms with Gasteiger partial charge in [-0.25, -0.2) is 4.98 Å². The number of anilines is 1. The predicted octanol–water partition coefficient (Wildman–Crippen LogP) is 6.37. The lowest BCUT2D eigenvalue weighted by Gasteiger charge is -2.18. The largest absolute Gasteiger partial charge is 0.302 e. The van der Waals surface area contributed by atoms with Crippen molar-refractivity contribution >= 4 is 34.6 Å². The molecule has 4 aromatic rings. The number of H-pyrrole nitrogens is 1. The van der Waals surface area contributed by atoms with Gasteiger partial charge in [-0.15, -0.1) is 11.3 Å². The van der Waals surface area contributed by atoms with Crippen molar-refractivity contribution in [3.05, 3.63) is 69.8 Å². The highest BCUT2D eigenvalue weighted by Gasteiger charge is 2.15. The average Bonchev–Trinajstić information content (AvgIpc) is 3.39. The van der Waals surface area contributed by atoms with Crippen molar-refractivity contribution in [1.82, 2.24) is 19.7 Å². The molecule has 2 heterocycles. The molecule has 8 heteroatoms. The van der Waals surface area contributed by atoms with E-state index in [1.807, 2.05) is 41.1 Å². The van der Waals surface area contributed by atoms with Crippen molar-refractivity contribution < 1.29 is 4.79 Å². The molecule has 2 aromatic heterocycles. The Morgan fingerprint density at radius 2 is 1.76 bits per heavy atom. The average molecular weight is 478 g/mol. The molecule has 1 amide bonds. The zero-order valence-electron chi connectivity index (χ0n) is 19.2. The molecule has 0 aliphatic carbocycles. The first kappa shape index (κ1) is 23.1. The Hall–Kier alpha value is -3.10. The summed E-state index contributed by atoms with van der Waals surface area (Å²) in [5.41, 5.74) is 5.40. The number of aryl methyl sites for hydroxylation is 1. The standard InChI is InChI=1S/C25H27N5OS2/c1-16-5-7-18(8-6-16)22-28-29-24(32)30(22)14-13-21(31)27-23-26-20(15-33-23)17-9-11-19(12-10-17)25(2,3)4/h5-12,15H,13-14H2,1-4H3,(H,29,32)(H,26,27,31). The smallest absolute Gasteiger partial charge is 0.227 e. The maximum absolute atomic E-state index is 12.6. The zero-order chi connectivity index (χ0) is 23.6. The van der Waals surface area contributed by atoms with Crippen LogP contribution in [0.5, 0.6) is 0 Å². The van der Waals surface area contributed by atoms with E-state index in [4.69, 9.17) is 12.2 Å². The SMILES string of the molecule is Cc1ccc(-c2n[nH]c(=S)n2CCC(=O)Nc2nc(-c3ccc(C(C)(C)C)cc3)cs2)cc1. The maximum Gasteiger partial charge on any atom is 0.227 e.